The van der Waals surface area contributed by atoms with Crippen molar-refractivity contribution < 1.29 is 9.59 Å². The molecule has 6 heteroatoms. The highest BCUT2D eigenvalue weighted by Gasteiger charge is 2.24. The van der Waals surface area contributed by atoms with Gasteiger partial charge >= 0.3 is 0 Å². The summed E-state index contributed by atoms with van der Waals surface area (Å²) in [6.45, 7) is 2.88. The second-order valence-corrected chi connectivity index (χ2v) is 5.83. The molecule has 1 fully saturated rings. The first-order chi connectivity index (χ1) is 10.6. The maximum atomic E-state index is 12.3. The lowest BCUT2D eigenvalue weighted by molar-refractivity contribution is -0.139. The number of amides is 2. The number of hydrogen-bond acceptors (Lipinski definition) is 3. The summed E-state index contributed by atoms with van der Waals surface area (Å²) in [7, 11) is 0. The molecule has 1 saturated heterocycles. The van der Waals surface area contributed by atoms with Gasteiger partial charge in [0.2, 0.25) is 11.8 Å². The molecule has 1 heterocycles. The summed E-state index contributed by atoms with van der Waals surface area (Å²) in [5.74, 6) is 0.186. The van der Waals surface area contributed by atoms with Crippen LogP contribution in [0.2, 0.25) is 5.02 Å². The van der Waals surface area contributed by atoms with Crippen LogP contribution in [0.15, 0.2) is 24.3 Å². The summed E-state index contributed by atoms with van der Waals surface area (Å²) in [6, 6.07) is 7.38. The molecule has 0 atom stereocenters. The van der Waals surface area contributed by atoms with Gasteiger partial charge < -0.3 is 15.5 Å². The molecule has 0 radical (unpaired) electrons. The van der Waals surface area contributed by atoms with Crippen molar-refractivity contribution in [3.63, 3.8) is 0 Å². The largest absolute Gasteiger partial charge is 0.339 e. The minimum Gasteiger partial charge on any atom is -0.339 e. The van der Waals surface area contributed by atoms with E-state index >= 15 is 0 Å². The van der Waals surface area contributed by atoms with Crippen LogP contribution in [-0.2, 0) is 16.0 Å². The third-order valence-electron chi connectivity index (χ3n) is 3.88. The molecule has 0 unspecified atom stereocenters. The third kappa shape index (κ3) is 4.45. The molecule has 1 aliphatic rings. The summed E-state index contributed by atoms with van der Waals surface area (Å²) < 4.78 is 0. The van der Waals surface area contributed by atoms with Crippen LogP contribution < -0.4 is 5.73 Å². The quantitative estimate of drug-likeness (QED) is 0.888. The van der Waals surface area contributed by atoms with Crippen molar-refractivity contribution in [1.82, 2.24) is 9.80 Å². The van der Waals surface area contributed by atoms with E-state index < -0.39 is 0 Å². The van der Waals surface area contributed by atoms with Gasteiger partial charge in [-0.1, -0.05) is 29.8 Å². The maximum Gasteiger partial charge on any atom is 0.227 e. The zero-order valence-corrected chi connectivity index (χ0v) is 13.4. The topological polar surface area (TPSA) is 66.6 Å². The predicted molar refractivity (Wildman–Crippen MR) is 86.6 cm³/mol. The minimum absolute atomic E-state index is 0.0576. The Hall–Kier alpha value is -1.59. The number of carbonyl (C=O) groups is 2. The molecule has 0 saturated carbocycles. The van der Waals surface area contributed by atoms with Crippen LogP contribution in [0, 0.1) is 0 Å². The van der Waals surface area contributed by atoms with Gasteiger partial charge in [0.05, 0.1) is 6.42 Å². The minimum atomic E-state index is 0.0576. The van der Waals surface area contributed by atoms with Crippen molar-refractivity contribution in [2.75, 3.05) is 32.7 Å². The normalized spacial score (nSPS) is 15.0. The zero-order chi connectivity index (χ0) is 15.9. The first kappa shape index (κ1) is 16.8. The van der Waals surface area contributed by atoms with Gasteiger partial charge in [0.25, 0.3) is 0 Å². The number of carbonyl (C=O) groups excluding carboxylic acids is 2. The van der Waals surface area contributed by atoms with Crippen LogP contribution in [0.3, 0.4) is 0 Å². The van der Waals surface area contributed by atoms with Gasteiger partial charge in [-0.15, -0.1) is 0 Å². The van der Waals surface area contributed by atoms with Gasteiger partial charge in [-0.05, 0) is 24.6 Å². The molecular formula is C16H22ClN3O2. The lowest BCUT2D eigenvalue weighted by Crippen LogP contribution is -2.51. The van der Waals surface area contributed by atoms with Gasteiger partial charge in [0.15, 0.2) is 0 Å². The predicted octanol–water partition coefficient (Wildman–Crippen LogP) is 1.29. The van der Waals surface area contributed by atoms with Crippen LogP contribution in [-0.4, -0.2) is 54.3 Å². The van der Waals surface area contributed by atoms with E-state index in [4.69, 9.17) is 17.3 Å². The van der Waals surface area contributed by atoms with E-state index in [9.17, 15) is 9.59 Å². The molecule has 2 N–H and O–H groups in total. The highest BCUT2D eigenvalue weighted by atomic mass is 35.5. The number of nitrogens with zero attached hydrogens (tertiary/aromatic N) is 2. The van der Waals surface area contributed by atoms with E-state index in [1.165, 1.54) is 0 Å². The van der Waals surface area contributed by atoms with Crippen LogP contribution in [0.1, 0.15) is 18.4 Å². The Labute approximate surface area is 136 Å². The van der Waals surface area contributed by atoms with E-state index in [1.54, 1.807) is 11.0 Å². The molecule has 22 heavy (non-hydrogen) atoms. The van der Waals surface area contributed by atoms with Crippen molar-refractivity contribution in [2.45, 2.75) is 19.3 Å². The monoisotopic (exact) mass is 323 g/mol. The fourth-order valence-corrected chi connectivity index (χ4v) is 2.74. The third-order valence-corrected chi connectivity index (χ3v) is 4.25. The van der Waals surface area contributed by atoms with E-state index in [-0.39, 0.29) is 11.8 Å². The number of nitrogens with two attached hydrogens (primary N) is 1. The number of hydrogen-bond donors (Lipinski definition) is 1. The number of halogens is 1. The molecule has 2 rings (SSSR count). The maximum absolute atomic E-state index is 12.3. The first-order valence-corrected chi connectivity index (χ1v) is 7.98. The smallest absolute Gasteiger partial charge is 0.227 e. The molecule has 0 bridgehead atoms. The molecule has 120 valence electrons. The van der Waals surface area contributed by atoms with Crippen molar-refractivity contribution in [3.8, 4) is 0 Å². The van der Waals surface area contributed by atoms with Gasteiger partial charge in [0.1, 0.15) is 0 Å². The Morgan fingerprint density at radius 1 is 1.05 bits per heavy atom. The first-order valence-electron chi connectivity index (χ1n) is 7.61. The molecule has 0 aliphatic carbocycles. The number of piperazine rings is 1. The van der Waals surface area contributed by atoms with Gasteiger partial charge in [-0.2, -0.15) is 0 Å². The van der Waals surface area contributed by atoms with Gasteiger partial charge in [-0.25, -0.2) is 0 Å². The molecular weight excluding hydrogens is 302 g/mol. The highest BCUT2D eigenvalue weighted by Crippen LogP contribution is 2.17. The Kier molecular flexibility index (Phi) is 6.21. The zero-order valence-electron chi connectivity index (χ0n) is 12.6. The summed E-state index contributed by atoms with van der Waals surface area (Å²) in [6.07, 6.45) is 1.51. The Morgan fingerprint density at radius 2 is 1.64 bits per heavy atom. The second kappa shape index (κ2) is 8.15. The highest BCUT2D eigenvalue weighted by molar-refractivity contribution is 6.31. The SMILES string of the molecule is NCCCC(=O)N1CCN(C(=O)Cc2ccccc2Cl)CC1. The second-order valence-electron chi connectivity index (χ2n) is 5.42. The summed E-state index contributed by atoms with van der Waals surface area (Å²) in [5.41, 5.74) is 6.26. The van der Waals surface area contributed by atoms with E-state index in [0.29, 0.717) is 57.0 Å². The molecule has 5 nitrogen and oxygen atoms in total. The number of rotatable bonds is 5. The van der Waals surface area contributed by atoms with Crippen molar-refractivity contribution in [1.29, 1.82) is 0 Å². The molecule has 1 aliphatic heterocycles. The molecule has 0 spiro atoms. The van der Waals surface area contributed by atoms with Crippen LogP contribution in [0.4, 0.5) is 0 Å². The average Bonchev–Trinajstić information content (AvgIpc) is 2.55. The number of benzene rings is 1. The standard InChI is InChI=1S/C16H22ClN3O2/c17-14-5-2-1-4-13(14)12-16(22)20-10-8-19(9-11-20)15(21)6-3-7-18/h1-2,4-5H,3,6-12,18H2. The van der Waals surface area contributed by atoms with Crippen LogP contribution in [0.5, 0.6) is 0 Å². The lowest BCUT2D eigenvalue weighted by Gasteiger charge is -2.35. The van der Waals surface area contributed by atoms with E-state index in [2.05, 4.69) is 0 Å². The van der Waals surface area contributed by atoms with Gasteiger partial charge in [0, 0.05) is 37.6 Å². The summed E-state index contributed by atoms with van der Waals surface area (Å²) in [4.78, 5) is 27.9. The van der Waals surface area contributed by atoms with Crippen molar-refractivity contribution in [3.05, 3.63) is 34.9 Å². The molecule has 1 aromatic carbocycles. The fraction of sp³-hybridized carbons (Fsp3) is 0.500. The van der Waals surface area contributed by atoms with E-state index in [0.717, 1.165) is 5.56 Å². The molecule has 0 aromatic heterocycles. The Morgan fingerprint density at radius 3 is 2.23 bits per heavy atom. The Balaban J connectivity index is 1.82. The van der Waals surface area contributed by atoms with Crippen LogP contribution >= 0.6 is 11.6 Å². The van der Waals surface area contributed by atoms with Crippen LogP contribution in [0.25, 0.3) is 0 Å². The van der Waals surface area contributed by atoms with Crippen molar-refractivity contribution in [2.24, 2.45) is 5.73 Å². The summed E-state index contributed by atoms with van der Waals surface area (Å²) in [5, 5.41) is 0.617. The van der Waals surface area contributed by atoms with E-state index in [1.807, 2.05) is 23.1 Å². The summed E-state index contributed by atoms with van der Waals surface area (Å²) >= 11 is 6.09. The average molecular weight is 324 g/mol. The lowest BCUT2D eigenvalue weighted by atomic mass is 10.1. The van der Waals surface area contributed by atoms with Gasteiger partial charge in [-0.3, -0.25) is 9.59 Å². The molecule has 1 aromatic rings. The van der Waals surface area contributed by atoms with Crippen molar-refractivity contribution >= 4 is 23.4 Å². The fourth-order valence-electron chi connectivity index (χ4n) is 2.53. The molecule has 2 amide bonds. The Bertz CT molecular complexity index is 528.